The fourth-order valence-corrected chi connectivity index (χ4v) is 5.17. The second-order valence-electron chi connectivity index (χ2n) is 8.54. The van der Waals surface area contributed by atoms with Crippen molar-refractivity contribution in [3.05, 3.63) is 23.9 Å². The summed E-state index contributed by atoms with van der Waals surface area (Å²) in [6.45, 7) is 4.85. The molecule has 1 N–H and O–H groups in total. The van der Waals surface area contributed by atoms with Gasteiger partial charge in [-0.2, -0.15) is 5.26 Å². The Kier molecular flexibility index (Phi) is 4.88. The van der Waals surface area contributed by atoms with Crippen LogP contribution in [0.5, 0.6) is 0 Å². The molecule has 3 aliphatic rings. The minimum absolute atomic E-state index is 0.0984. The Hall–Kier alpha value is -2.59. The van der Waals surface area contributed by atoms with Crippen molar-refractivity contribution in [2.24, 2.45) is 0 Å². The molecule has 2 aliphatic heterocycles. The summed E-state index contributed by atoms with van der Waals surface area (Å²) in [4.78, 5) is 27.5. The van der Waals surface area contributed by atoms with Crippen LogP contribution in [0.2, 0.25) is 0 Å². The molecule has 5 rings (SSSR count). The van der Waals surface area contributed by atoms with Gasteiger partial charge in [0.15, 0.2) is 0 Å². The number of hydrogen-bond donors (Lipinski definition) is 1. The van der Waals surface area contributed by atoms with E-state index < -0.39 is 0 Å². The first-order valence-electron chi connectivity index (χ1n) is 10.9. The summed E-state index contributed by atoms with van der Waals surface area (Å²) in [7, 11) is 0. The van der Waals surface area contributed by atoms with Crippen LogP contribution in [0.3, 0.4) is 0 Å². The summed E-state index contributed by atoms with van der Waals surface area (Å²) in [5.41, 5.74) is 1.27. The summed E-state index contributed by atoms with van der Waals surface area (Å²) in [6, 6.07) is 8.67. The Labute approximate surface area is 171 Å². The molecule has 3 fully saturated rings. The van der Waals surface area contributed by atoms with Gasteiger partial charge in [-0.05, 0) is 43.9 Å². The van der Waals surface area contributed by atoms with Crippen LogP contribution in [0.4, 0.5) is 5.82 Å². The SMILES string of the molecule is N#CC1CCCN1C(=O)c1cc2ccc(N3CCN(C4CCCC4)CC3)nc2[nH]1. The van der Waals surface area contributed by atoms with Crippen LogP contribution in [0.1, 0.15) is 49.0 Å². The molecule has 2 aromatic heterocycles. The average molecular weight is 393 g/mol. The van der Waals surface area contributed by atoms with E-state index in [1.165, 1.54) is 25.7 Å². The molecule has 0 spiro atoms. The highest BCUT2D eigenvalue weighted by Gasteiger charge is 2.30. The number of aromatic amines is 1. The van der Waals surface area contributed by atoms with Gasteiger partial charge in [0.25, 0.3) is 5.91 Å². The number of nitrogens with zero attached hydrogens (tertiary/aromatic N) is 5. The Morgan fingerprint density at radius 3 is 2.62 bits per heavy atom. The lowest BCUT2D eigenvalue weighted by atomic mass is 10.2. The van der Waals surface area contributed by atoms with Crippen molar-refractivity contribution in [1.29, 1.82) is 5.26 Å². The Balaban J connectivity index is 1.30. The summed E-state index contributed by atoms with van der Waals surface area (Å²) >= 11 is 0. The molecule has 0 bridgehead atoms. The summed E-state index contributed by atoms with van der Waals surface area (Å²) in [5, 5.41) is 10.2. The lowest BCUT2D eigenvalue weighted by molar-refractivity contribution is 0.0760. The molecule has 7 heteroatoms. The fraction of sp³-hybridized carbons (Fsp3) is 0.591. The van der Waals surface area contributed by atoms with Gasteiger partial charge in [-0.25, -0.2) is 4.98 Å². The number of carbonyl (C=O) groups excluding carboxylic acids is 1. The van der Waals surface area contributed by atoms with Gasteiger partial charge in [-0.3, -0.25) is 9.69 Å². The van der Waals surface area contributed by atoms with Crippen molar-refractivity contribution in [2.45, 2.75) is 50.6 Å². The summed E-state index contributed by atoms with van der Waals surface area (Å²) in [6.07, 6.45) is 7.12. The second-order valence-corrected chi connectivity index (χ2v) is 8.54. The maximum Gasteiger partial charge on any atom is 0.271 e. The number of anilines is 1. The molecule has 1 aliphatic carbocycles. The number of nitrogens with one attached hydrogen (secondary N) is 1. The van der Waals surface area contributed by atoms with Crippen LogP contribution in [-0.2, 0) is 0 Å². The predicted molar refractivity (Wildman–Crippen MR) is 112 cm³/mol. The second kappa shape index (κ2) is 7.68. The summed E-state index contributed by atoms with van der Waals surface area (Å²) in [5.74, 6) is 0.874. The minimum Gasteiger partial charge on any atom is -0.354 e. The van der Waals surface area contributed by atoms with Crippen LogP contribution in [-0.4, -0.2) is 70.5 Å². The zero-order valence-corrected chi connectivity index (χ0v) is 16.8. The molecular formula is C22H28N6O. The fourth-order valence-electron chi connectivity index (χ4n) is 5.17. The van der Waals surface area contributed by atoms with Crippen LogP contribution in [0.25, 0.3) is 11.0 Å². The first-order chi connectivity index (χ1) is 14.2. The van der Waals surface area contributed by atoms with E-state index in [2.05, 4.69) is 26.9 Å². The van der Waals surface area contributed by atoms with Gasteiger partial charge in [-0.15, -0.1) is 0 Å². The standard InChI is InChI=1S/C22H28N6O/c23-15-18-6-3-9-28(18)22(29)19-14-16-7-8-20(25-21(16)24-19)27-12-10-26(11-13-27)17-4-1-2-5-17/h7-8,14,17-18H,1-6,9-13H2,(H,24,25). The van der Waals surface area contributed by atoms with Crippen LogP contribution < -0.4 is 4.90 Å². The third-order valence-corrected chi connectivity index (χ3v) is 6.84. The molecule has 1 amide bonds. The molecule has 0 radical (unpaired) electrons. The predicted octanol–water partition coefficient (Wildman–Crippen LogP) is 2.76. The minimum atomic E-state index is -0.311. The van der Waals surface area contributed by atoms with Gasteiger partial charge in [-0.1, -0.05) is 12.8 Å². The van der Waals surface area contributed by atoms with Crippen LogP contribution in [0, 0.1) is 11.3 Å². The number of fused-ring (bicyclic) bond motifs is 1. The Bertz CT molecular complexity index is 932. The molecule has 0 aromatic carbocycles. The number of piperazine rings is 1. The summed E-state index contributed by atoms with van der Waals surface area (Å²) < 4.78 is 0. The molecule has 2 saturated heterocycles. The van der Waals surface area contributed by atoms with Crippen molar-refractivity contribution >= 4 is 22.8 Å². The van der Waals surface area contributed by atoms with E-state index in [0.29, 0.717) is 12.2 Å². The van der Waals surface area contributed by atoms with Crippen molar-refractivity contribution in [3.63, 3.8) is 0 Å². The highest BCUT2D eigenvalue weighted by Crippen LogP contribution is 2.26. The third-order valence-electron chi connectivity index (χ3n) is 6.84. The third kappa shape index (κ3) is 3.46. The molecule has 7 nitrogen and oxygen atoms in total. The number of nitriles is 1. The first kappa shape index (κ1) is 18.4. The van der Waals surface area contributed by atoms with E-state index in [0.717, 1.165) is 61.9 Å². The first-order valence-corrected chi connectivity index (χ1v) is 10.9. The quantitative estimate of drug-likeness (QED) is 0.869. The average Bonchev–Trinajstić information content (AvgIpc) is 3.53. The zero-order chi connectivity index (χ0) is 19.8. The Morgan fingerprint density at radius 2 is 1.86 bits per heavy atom. The van der Waals surface area contributed by atoms with Crippen LogP contribution in [0.15, 0.2) is 18.2 Å². The number of carbonyl (C=O) groups is 1. The molecule has 2 aromatic rings. The van der Waals surface area contributed by atoms with Gasteiger partial charge in [0.1, 0.15) is 23.2 Å². The van der Waals surface area contributed by atoms with E-state index in [9.17, 15) is 10.1 Å². The van der Waals surface area contributed by atoms with Crippen LogP contribution >= 0.6 is 0 Å². The maximum absolute atomic E-state index is 12.8. The monoisotopic (exact) mass is 392 g/mol. The van der Waals surface area contributed by atoms with Crippen molar-refractivity contribution in [3.8, 4) is 6.07 Å². The molecular weight excluding hydrogens is 364 g/mol. The largest absolute Gasteiger partial charge is 0.354 e. The molecule has 1 atom stereocenters. The van der Waals surface area contributed by atoms with Gasteiger partial charge >= 0.3 is 0 Å². The van der Waals surface area contributed by atoms with Gasteiger partial charge in [0, 0.05) is 44.2 Å². The molecule has 1 saturated carbocycles. The van der Waals surface area contributed by atoms with Crippen molar-refractivity contribution in [1.82, 2.24) is 19.8 Å². The van der Waals surface area contributed by atoms with Crippen molar-refractivity contribution in [2.75, 3.05) is 37.6 Å². The van der Waals surface area contributed by atoms with E-state index in [1.807, 2.05) is 12.1 Å². The normalized spacial score (nSPS) is 23.8. The maximum atomic E-state index is 12.8. The Morgan fingerprint density at radius 1 is 1.07 bits per heavy atom. The smallest absolute Gasteiger partial charge is 0.271 e. The number of H-pyrrole nitrogens is 1. The molecule has 4 heterocycles. The number of aromatic nitrogens is 2. The number of hydrogen-bond acceptors (Lipinski definition) is 5. The lowest BCUT2D eigenvalue weighted by Crippen LogP contribution is -2.49. The van der Waals surface area contributed by atoms with Gasteiger partial charge in [0.05, 0.1) is 6.07 Å². The molecule has 1 unspecified atom stereocenters. The van der Waals surface area contributed by atoms with Crippen molar-refractivity contribution < 1.29 is 4.79 Å². The lowest BCUT2D eigenvalue weighted by Gasteiger charge is -2.38. The number of likely N-dealkylation sites (tertiary alicyclic amines) is 1. The highest BCUT2D eigenvalue weighted by molar-refractivity contribution is 5.98. The topological polar surface area (TPSA) is 79.3 Å². The number of pyridine rings is 1. The van der Waals surface area contributed by atoms with E-state index >= 15 is 0 Å². The van der Waals surface area contributed by atoms with Gasteiger partial charge in [0.2, 0.25) is 0 Å². The van der Waals surface area contributed by atoms with E-state index in [4.69, 9.17) is 4.98 Å². The van der Waals surface area contributed by atoms with E-state index in [1.54, 1.807) is 4.90 Å². The molecule has 29 heavy (non-hydrogen) atoms. The van der Waals surface area contributed by atoms with Gasteiger partial charge < -0.3 is 14.8 Å². The highest BCUT2D eigenvalue weighted by atomic mass is 16.2. The number of amides is 1. The van der Waals surface area contributed by atoms with E-state index in [-0.39, 0.29) is 11.9 Å². The zero-order valence-electron chi connectivity index (χ0n) is 16.8. The number of rotatable bonds is 3. The molecule has 152 valence electrons.